The van der Waals surface area contributed by atoms with Gasteiger partial charge in [0, 0.05) is 65.0 Å². The van der Waals surface area contributed by atoms with Crippen molar-refractivity contribution in [3.05, 3.63) is 233 Å². The van der Waals surface area contributed by atoms with E-state index in [1.165, 1.54) is 0 Å². The maximum atomic E-state index is 15.3. The van der Waals surface area contributed by atoms with Crippen LogP contribution in [0.15, 0.2) is 222 Å². The van der Waals surface area contributed by atoms with Gasteiger partial charge < -0.3 is 4.40 Å². The second-order valence-corrected chi connectivity index (χ2v) is 19.5. The molecule has 0 N–H and O–H groups in total. The molecule has 0 fully saturated rings. The molecular weight excluding hydrogens is 911 g/mol. The molecule has 0 aliphatic rings. The van der Waals surface area contributed by atoms with Gasteiger partial charge in [0.1, 0.15) is 0 Å². The fourth-order valence-corrected chi connectivity index (χ4v) is 12.5. The third-order valence-electron chi connectivity index (χ3n) is 15.7. The van der Waals surface area contributed by atoms with Gasteiger partial charge in [0.2, 0.25) is 5.95 Å². The summed E-state index contributed by atoms with van der Waals surface area (Å²) in [5.74, 6) is 1.50. The summed E-state index contributed by atoms with van der Waals surface area (Å²) in [6, 6.07) is 72.4. The predicted octanol–water partition coefficient (Wildman–Crippen LogP) is 14.4. The Bertz CT molecular complexity index is 5440. The first-order chi connectivity index (χ1) is 36.6. The van der Waals surface area contributed by atoms with Crippen LogP contribution in [0.5, 0.6) is 0 Å². The Kier molecular flexibility index (Phi) is 7.58. The highest BCUT2D eigenvalue weighted by atomic mass is 16.1. The van der Waals surface area contributed by atoms with Gasteiger partial charge in [-0.05, 0) is 71.1 Å². The molecule has 9 nitrogen and oxygen atoms in total. The molecule has 9 heteroatoms. The van der Waals surface area contributed by atoms with Gasteiger partial charge in [0.15, 0.2) is 11.6 Å². The summed E-state index contributed by atoms with van der Waals surface area (Å²) in [6.07, 6.45) is 0. The van der Waals surface area contributed by atoms with Crippen molar-refractivity contribution < 1.29 is 0 Å². The lowest BCUT2D eigenvalue weighted by molar-refractivity contribution is 0.954. The molecule has 0 amide bonds. The topological polar surface area (TPSA) is 91.0 Å². The van der Waals surface area contributed by atoms with Crippen molar-refractivity contribution in [3.63, 3.8) is 0 Å². The minimum absolute atomic E-state index is 0.0331. The normalized spacial score (nSPS) is 12.4. The molecule has 0 saturated carbocycles. The zero-order chi connectivity index (χ0) is 48.5. The average molecular weight is 946 g/mol. The number of benzene rings is 10. The highest BCUT2D eigenvalue weighted by Crippen LogP contribution is 2.42. The molecule has 0 bridgehead atoms. The zero-order valence-corrected chi connectivity index (χ0v) is 39.2. The Balaban J connectivity index is 0.898. The number of rotatable bonds is 4. The van der Waals surface area contributed by atoms with E-state index in [1.54, 1.807) is 0 Å². The first kappa shape index (κ1) is 39.5. The fraction of sp³-hybridized carbons (Fsp3) is 0. The van der Waals surface area contributed by atoms with Crippen LogP contribution in [0.1, 0.15) is 0 Å². The quantitative estimate of drug-likeness (QED) is 0.164. The van der Waals surface area contributed by atoms with E-state index in [4.69, 9.17) is 15.0 Å². The van der Waals surface area contributed by atoms with Gasteiger partial charge in [0.05, 0.1) is 55.0 Å². The summed E-state index contributed by atoms with van der Waals surface area (Å²) in [6.45, 7) is 0. The standard InChI is InChI=1S/C65H35N7O2/c73-63-48-22-5-4-18-40(48)44-23-13-24-45-50-35-56-49(34-57(50)72(63)58(44)45)43-21-8-10-26-53(43)70(56)65-67-61(36-14-2-1-3-15-36)66-62(68-65)39-17-12-16-37(32-39)38-28-31-55-51(33-38)64(74)71-54-27-11-7-20-42(54)47-30-29-46-41-19-6-9-25-52(41)69(55)59(46)60(47)71/h1-35H. The molecule has 0 aliphatic heterocycles. The van der Waals surface area contributed by atoms with Crippen LogP contribution < -0.4 is 11.1 Å². The summed E-state index contributed by atoms with van der Waals surface area (Å²) >= 11 is 0. The van der Waals surface area contributed by atoms with Gasteiger partial charge in [-0.25, -0.2) is 4.98 Å². The maximum Gasteiger partial charge on any atom is 0.265 e. The van der Waals surface area contributed by atoms with Gasteiger partial charge in [0.25, 0.3) is 11.1 Å². The lowest BCUT2D eigenvalue weighted by Gasteiger charge is -2.12. The van der Waals surface area contributed by atoms with Gasteiger partial charge in [-0.2, -0.15) is 9.97 Å². The van der Waals surface area contributed by atoms with E-state index < -0.39 is 0 Å². The van der Waals surface area contributed by atoms with Gasteiger partial charge in [-0.15, -0.1) is 0 Å². The number of pyridine rings is 1. The SMILES string of the molecule is O=c1c2ccccc2c2cccc3c4cc5c(cc4n1c23)c1ccccc1n5-c1nc(-c2ccccc2)nc(-c2cccc(-c3ccc4c(c3)c(=O)n3c5ccccc5c5ccc6c7ccccc7n4c6c53)c2)n1. The molecule has 17 aromatic rings. The molecule has 0 atom stereocenters. The van der Waals surface area contributed by atoms with E-state index >= 15 is 4.79 Å². The van der Waals surface area contributed by atoms with Crippen LogP contribution in [0.2, 0.25) is 0 Å². The minimum atomic E-state index is -0.0723. The molecule has 74 heavy (non-hydrogen) atoms. The molecule has 10 aromatic carbocycles. The van der Waals surface area contributed by atoms with E-state index in [0.717, 1.165) is 126 Å². The van der Waals surface area contributed by atoms with Gasteiger partial charge >= 0.3 is 0 Å². The van der Waals surface area contributed by atoms with Crippen molar-refractivity contribution in [3.8, 4) is 39.9 Å². The summed E-state index contributed by atoms with van der Waals surface area (Å²) < 4.78 is 8.24. The van der Waals surface area contributed by atoms with Crippen molar-refractivity contribution in [1.82, 2.24) is 32.7 Å². The Labute approximate surface area is 418 Å². The van der Waals surface area contributed by atoms with Crippen molar-refractivity contribution >= 4 is 114 Å². The third-order valence-corrected chi connectivity index (χ3v) is 15.7. The van der Waals surface area contributed by atoms with Crippen LogP contribution in [-0.4, -0.2) is 32.7 Å². The van der Waals surface area contributed by atoms with Gasteiger partial charge in [-0.1, -0.05) is 158 Å². The van der Waals surface area contributed by atoms with E-state index in [0.29, 0.717) is 28.4 Å². The number of hydrogen-bond donors (Lipinski definition) is 0. The maximum absolute atomic E-state index is 15.3. The third kappa shape index (κ3) is 5.08. The molecular formula is C65H35N7O2. The lowest BCUT2D eigenvalue weighted by Crippen LogP contribution is -2.12. The summed E-state index contributed by atoms with van der Waals surface area (Å²) in [5.41, 5.74) is 11.7. The first-order valence-electron chi connectivity index (χ1n) is 24.8. The molecule has 342 valence electrons. The number of nitrogens with zero attached hydrogens (tertiary/aromatic N) is 7. The summed E-state index contributed by atoms with van der Waals surface area (Å²) in [4.78, 5) is 45.6. The molecule has 0 aliphatic carbocycles. The lowest BCUT2D eigenvalue weighted by atomic mass is 10.0. The average Bonchev–Trinajstić information content (AvgIpc) is 4.17. The second-order valence-electron chi connectivity index (χ2n) is 19.5. The Morgan fingerprint density at radius 2 is 0.730 bits per heavy atom. The Hall–Kier alpha value is -10.3. The summed E-state index contributed by atoms with van der Waals surface area (Å²) in [5, 5.41) is 11.6. The van der Waals surface area contributed by atoms with E-state index in [9.17, 15) is 4.79 Å². The molecule has 0 spiro atoms. The Morgan fingerprint density at radius 1 is 0.257 bits per heavy atom. The molecule has 17 rings (SSSR count). The molecule has 7 heterocycles. The van der Waals surface area contributed by atoms with Crippen molar-refractivity contribution in [2.24, 2.45) is 0 Å². The largest absolute Gasteiger partial charge is 0.306 e. The van der Waals surface area contributed by atoms with Crippen molar-refractivity contribution in [1.29, 1.82) is 0 Å². The van der Waals surface area contributed by atoms with Crippen LogP contribution in [0.4, 0.5) is 0 Å². The monoisotopic (exact) mass is 945 g/mol. The van der Waals surface area contributed by atoms with Crippen LogP contribution in [0.3, 0.4) is 0 Å². The van der Waals surface area contributed by atoms with Gasteiger partial charge in [-0.3, -0.25) is 23.0 Å². The predicted molar refractivity (Wildman–Crippen MR) is 301 cm³/mol. The number of fused-ring (bicyclic) bond motifs is 16. The molecule has 0 unspecified atom stereocenters. The van der Waals surface area contributed by atoms with Crippen molar-refractivity contribution in [2.75, 3.05) is 0 Å². The Morgan fingerprint density at radius 3 is 1.49 bits per heavy atom. The first-order valence-corrected chi connectivity index (χ1v) is 24.8. The smallest absolute Gasteiger partial charge is 0.265 e. The van der Waals surface area contributed by atoms with Crippen LogP contribution in [0, 0.1) is 0 Å². The van der Waals surface area contributed by atoms with E-state index in [2.05, 4.69) is 118 Å². The second kappa shape index (κ2) is 14.2. The van der Waals surface area contributed by atoms with E-state index in [-0.39, 0.29) is 11.1 Å². The molecule has 0 saturated heterocycles. The van der Waals surface area contributed by atoms with Crippen molar-refractivity contribution in [2.45, 2.75) is 0 Å². The number of hydrogen-bond acceptors (Lipinski definition) is 5. The fourth-order valence-electron chi connectivity index (χ4n) is 12.5. The van der Waals surface area contributed by atoms with Crippen LogP contribution in [-0.2, 0) is 0 Å². The molecule has 0 radical (unpaired) electrons. The summed E-state index contributed by atoms with van der Waals surface area (Å²) in [7, 11) is 0. The minimum Gasteiger partial charge on any atom is -0.306 e. The van der Waals surface area contributed by atoms with Crippen LogP contribution in [0.25, 0.3) is 154 Å². The number of para-hydroxylation sites is 4. The highest BCUT2D eigenvalue weighted by Gasteiger charge is 2.25. The molecule has 7 aromatic heterocycles. The highest BCUT2D eigenvalue weighted by molar-refractivity contribution is 6.25. The zero-order valence-electron chi connectivity index (χ0n) is 39.2. The van der Waals surface area contributed by atoms with E-state index in [1.807, 2.05) is 112 Å². The van der Waals surface area contributed by atoms with Crippen LogP contribution >= 0.6 is 0 Å². The number of aromatic nitrogens is 7.